The Labute approximate surface area is 168 Å². The summed E-state index contributed by atoms with van der Waals surface area (Å²) in [5.74, 6) is 1.89. The quantitative estimate of drug-likeness (QED) is 0.398. The maximum absolute atomic E-state index is 5.48. The molecule has 0 saturated heterocycles. The Hall–Kier alpha value is -2.60. The molecule has 6 heteroatoms. The Kier molecular flexibility index (Phi) is 4.87. The molecule has 142 valence electrons. The van der Waals surface area contributed by atoms with E-state index >= 15 is 0 Å². The van der Waals surface area contributed by atoms with Crippen LogP contribution in [0.4, 0.5) is 0 Å². The van der Waals surface area contributed by atoms with Gasteiger partial charge >= 0.3 is 0 Å². The van der Waals surface area contributed by atoms with Crippen molar-refractivity contribution in [3.8, 4) is 11.4 Å². The van der Waals surface area contributed by atoms with Crippen LogP contribution in [-0.2, 0) is 5.75 Å². The van der Waals surface area contributed by atoms with Crippen LogP contribution in [0.25, 0.3) is 22.4 Å². The van der Waals surface area contributed by atoms with Gasteiger partial charge in [0.1, 0.15) is 0 Å². The molecule has 1 aliphatic rings. The fraction of sp³-hybridized carbons (Fsp3) is 0.318. The number of imidazole rings is 1. The average molecular weight is 391 g/mol. The van der Waals surface area contributed by atoms with Crippen molar-refractivity contribution in [3.05, 3.63) is 60.5 Å². The van der Waals surface area contributed by atoms with Crippen LogP contribution in [-0.4, -0.2) is 19.7 Å². The minimum atomic E-state index is 0.534. The molecule has 2 aromatic carbocycles. The third-order valence-corrected chi connectivity index (χ3v) is 6.27. The van der Waals surface area contributed by atoms with E-state index in [1.54, 1.807) is 11.8 Å². The van der Waals surface area contributed by atoms with Crippen LogP contribution >= 0.6 is 11.8 Å². The highest BCUT2D eigenvalue weighted by molar-refractivity contribution is 7.98. The molecule has 5 rings (SSSR count). The van der Waals surface area contributed by atoms with Gasteiger partial charge in [0.15, 0.2) is 5.16 Å². The Morgan fingerprint density at radius 3 is 2.57 bits per heavy atom. The van der Waals surface area contributed by atoms with E-state index in [0.29, 0.717) is 23.5 Å². The van der Waals surface area contributed by atoms with Crippen molar-refractivity contribution in [2.75, 3.05) is 0 Å². The molecule has 0 N–H and O–H groups in total. The summed E-state index contributed by atoms with van der Waals surface area (Å²) in [7, 11) is 0. The van der Waals surface area contributed by atoms with Crippen LogP contribution in [0, 0.1) is 0 Å². The van der Waals surface area contributed by atoms with Gasteiger partial charge in [0.25, 0.3) is 0 Å². The fourth-order valence-electron chi connectivity index (χ4n) is 3.96. The van der Waals surface area contributed by atoms with Crippen LogP contribution in [0.15, 0.2) is 64.3 Å². The number of fused-ring (bicyclic) bond motifs is 1. The molecule has 4 aromatic rings. The number of rotatable bonds is 5. The monoisotopic (exact) mass is 390 g/mol. The third kappa shape index (κ3) is 3.44. The molecular formula is C22H22N4OS. The minimum absolute atomic E-state index is 0.534. The van der Waals surface area contributed by atoms with Crippen LogP contribution in [0.5, 0.6) is 0 Å². The molecule has 0 bridgehead atoms. The second kappa shape index (κ2) is 7.80. The summed E-state index contributed by atoms with van der Waals surface area (Å²) in [6, 6.07) is 18.9. The van der Waals surface area contributed by atoms with Gasteiger partial charge in [-0.2, -0.15) is 4.98 Å². The summed E-state index contributed by atoms with van der Waals surface area (Å²) >= 11 is 1.68. The van der Waals surface area contributed by atoms with Crippen molar-refractivity contribution in [1.82, 2.24) is 19.7 Å². The summed E-state index contributed by atoms with van der Waals surface area (Å²) in [6.07, 6.45) is 6.39. The summed E-state index contributed by atoms with van der Waals surface area (Å²) in [6.45, 7) is 0. The predicted octanol–water partition coefficient (Wildman–Crippen LogP) is 5.88. The molecule has 1 saturated carbocycles. The van der Waals surface area contributed by atoms with Gasteiger partial charge in [0.2, 0.25) is 11.7 Å². The van der Waals surface area contributed by atoms with E-state index in [2.05, 4.69) is 39.0 Å². The SMILES string of the molecule is c1ccc(-c2noc(CSc3nc4ccccc4n3C3CCCCC3)n2)cc1. The van der Waals surface area contributed by atoms with Crippen LogP contribution in [0.3, 0.4) is 0 Å². The topological polar surface area (TPSA) is 56.7 Å². The molecule has 28 heavy (non-hydrogen) atoms. The molecule has 2 aromatic heterocycles. The summed E-state index contributed by atoms with van der Waals surface area (Å²) in [4.78, 5) is 9.46. The standard InChI is InChI=1S/C22H22N4OS/c1-3-9-16(10-4-1)21-24-20(27-25-21)15-28-22-23-18-13-7-8-14-19(18)26(22)17-11-5-2-6-12-17/h1,3-4,7-10,13-14,17H,2,5-6,11-12,15H2. The van der Waals surface area contributed by atoms with Crippen LogP contribution in [0.2, 0.25) is 0 Å². The largest absolute Gasteiger partial charge is 0.338 e. The highest BCUT2D eigenvalue weighted by atomic mass is 32.2. The number of nitrogens with zero attached hydrogens (tertiary/aromatic N) is 4. The van der Waals surface area contributed by atoms with Crippen molar-refractivity contribution in [1.29, 1.82) is 0 Å². The first-order chi connectivity index (χ1) is 13.9. The normalized spacial score (nSPS) is 15.3. The number of thioether (sulfide) groups is 1. The van der Waals surface area contributed by atoms with E-state index in [9.17, 15) is 0 Å². The lowest BCUT2D eigenvalue weighted by atomic mass is 9.95. The summed E-state index contributed by atoms with van der Waals surface area (Å²) < 4.78 is 7.92. The van der Waals surface area contributed by atoms with Gasteiger partial charge in [0.05, 0.1) is 16.8 Å². The molecule has 0 radical (unpaired) electrons. The van der Waals surface area contributed by atoms with Crippen molar-refractivity contribution in [2.24, 2.45) is 0 Å². The summed E-state index contributed by atoms with van der Waals surface area (Å²) in [5, 5.41) is 5.18. The van der Waals surface area contributed by atoms with Crippen LogP contribution in [0.1, 0.15) is 44.0 Å². The maximum Gasteiger partial charge on any atom is 0.237 e. The van der Waals surface area contributed by atoms with Gasteiger partial charge in [-0.25, -0.2) is 4.98 Å². The number of benzene rings is 2. The molecular weight excluding hydrogens is 368 g/mol. The Balaban J connectivity index is 1.40. The zero-order valence-corrected chi connectivity index (χ0v) is 16.4. The maximum atomic E-state index is 5.48. The van der Waals surface area contributed by atoms with Gasteiger partial charge in [0, 0.05) is 11.6 Å². The van der Waals surface area contributed by atoms with Gasteiger partial charge < -0.3 is 9.09 Å². The van der Waals surface area contributed by atoms with E-state index in [4.69, 9.17) is 9.51 Å². The molecule has 0 spiro atoms. The second-order valence-corrected chi connectivity index (χ2v) is 8.15. The first kappa shape index (κ1) is 17.5. The lowest BCUT2D eigenvalue weighted by Crippen LogP contribution is -2.13. The third-order valence-electron chi connectivity index (χ3n) is 5.33. The highest BCUT2D eigenvalue weighted by Gasteiger charge is 2.22. The Morgan fingerprint density at radius 1 is 0.929 bits per heavy atom. The van der Waals surface area contributed by atoms with E-state index in [1.807, 2.05) is 30.3 Å². The number of hydrogen-bond donors (Lipinski definition) is 0. The van der Waals surface area contributed by atoms with E-state index in [0.717, 1.165) is 16.2 Å². The predicted molar refractivity (Wildman–Crippen MR) is 111 cm³/mol. The van der Waals surface area contributed by atoms with E-state index in [1.165, 1.54) is 37.6 Å². The number of para-hydroxylation sites is 2. The Morgan fingerprint density at radius 2 is 1.71 bits per heavy atom. The number of aromatic nitrogens is 4. The molecule has 0 atom stereocenters. The molecule has 0 amide bonds. The number of hydrogen-bond acceptors (Lipinski definition) is 5. The van der Waals surface area contributed by atoms with Crippen molar-refractivity contribution < 1.29 is 4.52 Å². The molecule has 1 fully saturated rings. The fourth-order valence-corrected chi connectivity index (χ4v) is 4.88. The van der Waals surface area contributed by atoms with Crippen molar-refractivity contribution >= 4 is 22.8 Å². The average Bonchev–Trinajstić information content (AvgIpc) is 3.38. The van der Waals surface area contributed by atoms with Crippen molar-refractivity contribution in [3.63, 3.8) is 0 Å². The van der Waals surface area contributed by atoms with Gasteiger partial charge in [-0.15, -0.1) is 0 Å². The van der Waals surface area contributed by atoms with Gasteiger partial charge in [-0.1, -0.05) is 78.6 Å². The molecule has 1 aliphatic carbocycles. The molecule has 2 heterocycles. The Bertz CT molecular complexity index is 1070. The molecule has 0 aliphatic heterocycles. The van der Waals surface area contributed by atoms with Gasteiger partial charge in [-0.3, -0.25) is 0 Å². The minimum Gasteiger partial charge on any atom is -0.338 e. The van der Waals surface area contributed by atoms with Gasteiger partial charge in [-0.05, 0) is 25.0 Å². The lowest BCUT2D eigenvalue weighted by molar-refractivity contribution is 0.343. The zero-order chi connectivity index (χ0) is 18.8. The van der Waals surface area contributed by atoms with Crippen molar-refractivity contribution in [2.45, 2.75) is 49.1 Å². The first-order valence-corrected chi connectivity index (χ1v) is 10.8. The lowest BCUT2D eigenvalue weighted by Gasteiger charge is -2.25. The van der Waals surface area contributed by atoms with Crippen LogP contribution < -0.4 is 0 Å². The molecule has 5 nitrogen and oxygen atoms in total. The smallest absolute Gasteiger partial charge is 0.237 e. The van der Waals surface area contributed by atoms with E-state index < -0.39 is 0 Å². The summed E-state index contributed by atoms with van der Waals surface area (Å²) in [5.41, 5.74) is 3.26. The highest BCUT2D eigenvalue weighted by Crippen LogP contribution is 2.36. The first-order valence-electron chi connectivity index (χ1n) is 9.86. The van der Waals surface area contributed by atoms with E-state index in [-0.39, 0.29) is 0 Å². The molecule has 0 unspecified atom stereocenters. The second-order valence-electron chi connectivity index (χ2n) is 7.21. The zero-order valence-electron chi connectivity index (χ0n) is 15.6.